The smallest absolute Gasteiger partial charge is 0.273 e. The summed E-state index contributed by atoms with van der Waals surface area (Å²) in [4.78, 5) is 11.5. The van der Waals surface area contributed by atoms with Gasteiger partial charge >= 0.3 is 0 Å². The van der Waals surface area contributed by atoms with Crippen molar-refractivity contribution in [2.45, 2.75) is 77.7 Å². The first-order chi connectivity index (χ1) is 14.5. The van der Waals surface area contributed by atoms with Crippen LogP contribution in [0.2, 0.25) is 0 Å². The Hall–Kier alpha value is -2.62. The molecule has 1 saturated carbocycles. The number of nitro benzene ring substituents is 1. The van der Waals surface area contributed by atoms with E-state index in [0.29, 0.717) is 12.5 Å². The first-order valence-electron chi connectivity index (χ1n) is 11.1. The highest BCUT2D eigenvalue weighted by atomic mass is 16.6. The lowest BCUT2D eigenvalue weighted by Crippen LogP contribution is -2.11. The minimum Gasteiger partial charge on any atom is -0.489 e. The number of aryl methyl sites for hydroxylation is 1. The van der Waals surface area contributed by atoms with Crippen molar-refractivity contribution in [1.82, 2.24) is 0 Å². The molecule has 1 aliphatic rings. The van der Waals surface area contributed by atoms with Crippen molar-refractivity contribution in [2.24, 2.45) is 0 Å². The predicted octanol–water partition coefficient (Wildman–Crippen LogP) is 7.60. The summed E-state index contributed by atoms with van der Waals surface area (Å²) in [6.07, 6.45) is 10.9. The van der Waals surface area contributed by atoms with E-state index < -0.39 is 0 Å². The lowest BCUT2D eigenvalue weighted by Gasteiger charge is -2.28. The summed E-state index contributed by atoms with van der Waals surface area (Å²) < 4.78 is 6.13. The normalized spacial score (nSPS) is 15.2. The van der Waals surface area contributed by atoms with Crippen molar-refractivity contribution in [2.75, 3.05) is 0 Å². The first kappa shape index (κ1) is 22.1. The number of rotatable bonds is 10. The van der Waals surface area contributed by atoms with Crippen LogP contribution in [0.5, 0.6) is 5.75 Å². The van der Waals surface area contributed by atoms with Gasteiger partial charge in [0, 0.05) is 11.6 Å². The Kier molecular flexibility index (Phi) is 7.67. The van der Waals surface area contributed by atoms with Crippen LogP contribution in [0.15, 0.2) is 48.6 Å². The van der Waals surface area contributed by atoms with E-state index in [1.165, 1.54) is 30.4 Å². The Balaban J connectivity index is 1.71. The molecule has 0 amide bonds. The highest BCUT2D eigenvalue weighted by molar-refractivity contribution is 5.46. The highest BCUT2D eigenvalue weighted by Gasteiger charge is 2.23. The molecule has 0 N–H and O–H groups in total. The molecular formula is C26H33NO3. The predicted molar refractivity (Wildman–Crippen MR) is 122 cm³/mol. The number of hydrogen-bond donors (Lipinski definition) is 0. The van der Waals surface area contributed by atoms with Crippen molar-refractivity contribution < 1.29 is 9.66 Å². The fourth-order valence-corrected chi connectivity index (χ4v) is 4.12. The molecule has 0 radical (unpaired) electrons. The molecule has 3 rings (SSSR count). The summed E-state index contributed by atoms with van der Waals surface area (Å²) in [7, 11) is 0. The quantitative estimate of drug-likeness (QED) is 0.176. The van der Waals surface area contributed by atoms with Crippen LogP contribution in [0.3, 0.4) is 0 Å². The number of allylic oxidation sites excluding steroid dienone is 2. The lowest BCUT2D eigenvalue weighted by molar-refractivity contribution is -0.385. The van der Waals surface area contributed by atoms with E-state index in [4.69, 9.17) is 4.74 Å². The van der Waals surface area contributed by atoms with E-state index in [1.54, 1.807) is 6.07 Å². The molecule has 0 aromatic heterocycles. The number of benzene rings is 2. The molecule has 0 saturated heterocycles. The zero-order valence-corrected chi connectivity index (χ0v) is 18.4. The van der Waals surface area contributed by atoms with Crippen molar-refractivity contribution in [3.63, 3.8) is 0 Å². The van der Waals surface area contributed by atoms with Crippen molar-refractivity contribution in [3.8, 4) is 5.75 Å². The van der Waals surface area contributed by atoms with Gasteiger partial charge in [0.2, 0.25) is 0 Å². The molecule has 0 bridgehead atoms. The fourth-order valence-electron chi connectivity index (χ4n) is 4.12. The molecule has 1 atom stereocenters. The Morgan fingerprint density at radius 3 is 2.70 bits per heavy atom. The first-order valence-corrected chi connectivity index (χ1v) is 11.1. The van der Waals surface area contributed by atoms with Gasteiger partial charge in [0.1, 0.15) is 12.4 Å². The van der Waals surface area contributed by atoms with Crippen molar-refractivity contribution in [3.05, 3.63) is 80.9 Å². The van der Waals surface area contributed by atoms with Crippen LogP contribution in [0.4, 0.5) is 5.69 Å². The third-order valence-electron chi connectivity index (χ3n) is 6.17. The standard InChI is InChI=1S/C26H33NO3/c1-4-5-6-7-9-20(3)23-14-13-21(17-25(23)27(28)29)18-30-26-15-12-19(2)16-24(26)22-10-8-11-22/h4-5,12-17,20,22H,6-11,18H2,1-3H3/b5-4-. The molecule has 0 aliphatic heterocycles. The van der Waals surface area contributed by atoms with Crippen LogP contribution in [0, 0.1) is 17.0 Å². The molecule has 4 heteroatoms. The van der Waals surface area contributed by atoms with Gasteiger partial charge < -0.3 is 4.74 Å². The maximum Gasteiger partial charge on any atom is 0.273 e. The van der Waals surface area contributed by atoms with Gasteiger partial charge in [-0.05, 0) is 75.0 Å². The highest BCUT2D eigenvalue weighted by Crippen LogP contribution is 2.41. The summed E-state index contributed by atoms with van der Waals surface area (Å²) in [5, 5.41) is 11.7. The summed E-state index contributed by atoms with van der Waals surface area (Å²) in [5.74, 6) is 1.65. The monoisotopic (exact) mass is 407 g/mol. The molecule has 0 heterocycles. The summed E-state index contributed by atoms with van der Waals surface area (Å²) in [6.45, 7) is 6.54. The maximum absolute atomic E-state index is 11.7. The number of nitro groups is 1. The van der Waals surface area contributed by atoms with Crippen LogP contribution in [-0.4, -0.2) is 4.92 Å². The SMILES string of the molecule is C/C=C\CCCC(C)c1ccc(COc2ccc(C)cc2C2CCC2)cc1[N+](=O)[O-]. The van der Waals surface area contributed by atoms with E-state index in [2.05, 4.69) is 32.1 Å². The average molecular weight is 408 g/mol. The van der Waals surface area contributed by atoms with Crippen LogP contribution < -0.4 is 4.74 Å². The van der Waals surface area contributed by atoms with Gasteiger partial charge in [0.25, 0.3) is 5.69 Å². The molecule has 1 fully saturated rings. The Morgan fingerprint density at radius 1 is 1.23 bits per heavy atom. The van der Waals surface area contributed by atoms with Crippen LogP contribution >= 0.6 is 0 Å². The summed E-state index contributed by atoms with van der Waals surface area (Å²) in [5.41, 5.74) is 4.38. The molecule has 1 unspecified atom stereocenters. The van der Waals surface area contributed by atoms with Gasteiger partial charge in [0.15, 0.2) is 0 Å². The molecule has 2 aromatic rings. The largest absolute Gasteiger partial charge is 0.489 e. The topological polar surface area (TPSA) is 52.4 Å². The van der Waals surface area contributed by atoms with E-state index in [9.17, 15) is 10.1 Å². The Bertz CT molecular complexity index is 899. The van der Waals surface area contributed by atoms with E-state index in [0.717, 1.165) is 36.1 Å². The third kappa shape index (κ3) is 5.50. The molecule has 2 aromatic carbocycles. The van der Waals surface area contributed by atoms with Crippen LogP contribution in [0.1, 0.15) is 86.5 Å². The summed E-state index contributed by atoms with van der Waals surface area (Å²) in [6, 6.07) is 11.9. The average Bonchev–Trinajstić information content (AvgIpc) is 2.69. The van der Waals surface area contributed by atoms with Gasteiger partial charge in [0.05, 0.1) is 4.92 Å². The van der Waals surface area contributed by atoms with Crippen LogP contribution in [-0.2, 0) is 6.61 Å². The Morgan fingerprint density at radius 2 is 2.03 bits per heavy atom. The minimum absolute atomic E-state index is 0.160. The minimum atomic E-state index is -0.257. The number of unbranched alkanes of at least 4 members (excludes halogenated alkanes) is 1. The maximum atomic E-state index is 11.7. The number of nitrogens with zero attached hydrogens (tertiary/aromatic N) is 1. The van der Waals surface area contributed by atoms with Gasteiger partial charge in [-0.2, -0.15) is 0 Å². The Labute approximate surface area is 180 Å². The second-order valence-corrected chi connectivity index (χ2v) is 8.51. The zero-order valence-electron chi connectivity index (χ0n) is 18.4. The van der Waals surface area contributed by atoms with Gasteiger partial charge in [-0.3, -0.25) is 10.1 Å². The third-order valence-corrected chi connectivity index (χ3v) is 6.17. The molecule has 4 nitrogen and oxygen atoms in total. The van der Waals surface area contributed by atoms with E-state index in [1.807, 2.05) is 31.2 Å². The van der Waals surface area contributed by atoms with E-state index >= 15 is 0 Å². The second kappa shape index (κ2) is 10.4. The van der Waals surface area contributed by atoms with Gasteiger partial charge in [-0.1, -0.05) is 55.3 Å². The van der Waals surface area contributed by atoms with Crippen molar-refractivity contribution in [1.29, 1.82) is 0 Å². The summed E-state index contributed by atoms with van der Waals surface area (Å²) >= 11 is 0. The molecule has 160 valence electrons. The van der Waals surface area contributed by atoms with Crippen molar-refractivity contribution >= 4 is 5.69 Å². The zero-order chi connectivity index (χ0) is 21.5. The molecular weight excluding hydrogens is 374 g/mol. The molecule has 0 spiro atoms. The lowest BCUT2D eigenvalue weighted by atomic mass is 9.79. The molecule has 30 heavy (non-hydrogen) atoms. The second-order valence-electron chi connectivity index (χ2n) is 8.51. The van der Waals surface area contributed by atoms with Gasteiger partial charge in [-0.15, -0.1) is 0 Å². The van der Waals surface area contributed by atoms with Crippen LogP contribution in [0.25, 0.3) is 0 Å². The molecule has 1 aliphatic carbocycles. The van der Waals surface area contributed by atoms with E-state index in [-0.39, 0.29) is 16.5 Å². The fraction of sp³-hybridized carbons (Fsp3) is 0.462. The van der Waals surface area contributed by atoms with Gasteiger partial charge in [-0.25, -0.2) is 0 Å². The number of ether oxygens (including phenoxy) is 1. The number of hydrogen-bond acceptors (Lipinski definition) is 3.